The summed E-state index contributed by atoms with van der Waals surface area (Å²) in [5.41, 5.74) is -0.130. The Morgan fingerprint density at radius 2 is 1.80 bits per heavy atom. The van der Waals surface area contributed by atoms with Crippen molar-refractivity contribution in [2.75, 3.05) is 42.9 Å². The summed E-state index contributed by atoms with van der Waals surface area (Å²) in [6, 6.07) is 6.74. The van der Waals surface area contributed by atoms with Gasteiger partial charge >= 0.3 is 16.3 Å². The predicted octanol–water partition coefficient (Wildman–Crippen LogP) is 3.09. The second-order valence-electron chi connectivity index (χ2n) is 7.62. The van der Waals surface area contributed by atoms with E-state index in [0.29, 0.717) is 6.54 Å². The van der Waals surface area contributed by atoms with Crippen LogP contribution in [0.25, 0.3) is 0 Å². The Kier molecular flexibility index (Phi) is 8.82. The van der Waals surface area contributed by atoms with Crippen LogP contribution in [0.5, 0.6) is 5.75 Å². The van der Waals surface area contributed by atoms with Gasteiger partial charge in [-0.2, -0.15) is 8.42 Å². The maximum Gasteiger partial charge on any atom is 0.422 e. The number of nitrogens with zero attached hydrogens (tertiary/aromatic N) is 1. The van der Waals surface area contributed by atoms with Gasteiger partial charge in [-0.05, 0) is 63.2 Å². The summed E-state index contributed by atoms with van der Waals surface area (Å²) in [4.78, 5) is 26.6. The number of carbonyl (C=O) groups is 2. The number of hydrogen-bond acceptors (Lipinski definition) is 7. The molecule has 13 heteroatoms. The highest BCUT2D eigenvalue weighted by atomic mass is 32.2. The number of nitrogens with one attached hydrogen (secondary N) is 3. The molecule has 1 saturated heterocycles. The quantitative estimate of drug-likeness (QED) is 0.447. The normalized spacial score (nSPS) is 13.8. The first kappa shape index (κ1) is 26.2. The molecule has 1 aliphatic rings. The molecule has 1 aliphatic heterocycles. The number of ether oxygens (including phenoxy) is 2. The molecule has 0 aromatic heterocycles. The van der Waals surface area contributed by atoms with Crippen LogP contribution in [-0.2, 0) is 14.9 Å². The summed E-state index contributed by atoms with van der Waals surface area (Å²) in [6.07, 6.45) is 0.997. The van der Waals surface area contributed by atoms with E-state index < -0.39 is 33.8 Å². The van der Waals surface area contributed by atoms with E-state index in [9.17, 15) is 26.8 Å². The lowest BCUT2D eigenvalue weighted by atomic mass is 10.1. The van der Waals surface area contributed by atoms with Crippen molar-refractivity contribution in [2.45, 2.75) is 19.8 Å². The van der Waals surface area contributed by atoms with Crippen molar-refractivity contribution < 1.29 is 36.3 Å². The fraction of sp³-hybridized carbons (Fsp3) is 0.364. The number of amides is 2. The van der Waals surface area contributed by atoms with Gasteiger partial charge in [0.05, 0.1) is 12.3 Å². The first-order valence-electron chi connectivity index (χ1n) is 10.9. The summed E-state index contributed by atoms with van der Waals surface area (Å²) in [6.45, 7) is 4.23. The third-order valence-electron chi connectivity index (χ3n) is 5.02. The minimum absolute atomic E-state index is 0.00302. The second kappa shape index (κ2) is 11.8. The monoisotopic (exact) mass is 512 g/mol. The highest BCUT2D eigenvalue weighted by Gasteiger charge is 2.20. The van der Waals surface area contributed by atoms with Crippen molar-refractivity contribution in [3.8, 4) is 5.75 Å². The lowest BCUT2D eigenvalue weighted by Gasteiger charge is -2.16. The van der Waals surface area contributed by atoms with E-state index in [-0.39, 0.29) is 35.9 Å². The molecule has 0 atom stereocenters. The molecule has 0 radical (unpaired) electrons. The summed E-state index contributed by atoms with van der Waals surface area (Å²) < 4.78 is 65.7. The minimum atomic E-state index is -4.43. The molecule has 10 nitrogen and oxygen atoms in total. The standard InChI is InChI=1S/C22H26F2N4O6S/c1-2-33-20-8-5-15(21(29)25-16-6-7-17(23)18(24)14-16)13-19(20)26-35(31,32)27-22(30)34-12-11-28-9-3-4-10-28/h5-8,13-14,26H,2-4,9-12H2,1H3,(H,25,29)(H,27,30). The van der Waals surface area contributed by atoms with Crippen LogP contribution in [0.2, 0.25) is 0 Å². The molecule has 0 unspecified atom stereocenters. The van der Waals surface area contributed by atoms with Crippen molar-refractivity contribution >= 4 is 33.6 Å². The summed E-state index contributed by atoms with van der Waals surface area (Å²) >= 11 is 0. The molecule has 1 fully saturated rings. The Morgan fingerprint density at radius 3 is 2.49 bits per heavy atom. The van der Waals surface area contributed by atoms with E-state index in [2.05, 4.69) is 14.9 Å². The van der Waals surface area contributed by atoms with Crippen molar-refractivity contribution in [1.29, 1.82) is 0 Å². The number of halogens is 2. The molecule has 1 heterocycles. The fourth-order valence-corrected chi connectivity index (χ4v) is 4.17. The van der Waals surface area contributed by atoms with E-state index in [0.717, 1.165) is 38.1 Å². The number of anilines is 2. The molecule has 0 bridgehead atoms. The molecular weight excluding hydrogens is 486 g/mol. The summed E-state index contributed by atoms with van der Waals surface area (Å²) in [5.74, 6) is -2.82. The number of likely N-dealkylation sites (tertiary alicyclic amines) is 1. The van der Waals surface area contributed by atoms with Gasteiger partial charge in [0.2, 0.25) is 0 Å². The Bertz CT molecular complexity index is 1170. The number of hydrogen-bond donors (Lipinski definition) is 3. The maximum atomic E-state index is 13.4. The Morgan fingerprint density at radius 1 is 1.06 bits per heavy atom. The van der Waals surface area contributed by atoms with Crippen molar-refractivity contribution in [1.82, 2.24) is 9.62 Å². The molecule has 0 aliphatic carbocycles. The van der Waals surface area contributed by atoms with Crippen molar-refractivity contribution in [2.24, 2.45) is 0 Å². The molecule has 3 rings (SSSR count). The van der Waals surface area contributed by atoms with Crippen LogP contribution < -0.4 is 19.5 Å². The Balaban J connectivity index is 1.66. The zero-order chi connectivity index (χ0) is 25.4. The van der Waals surface area contributed by atoms with Gasteiger partial charge in [0.25, 0.3) is 5.91 Å². The van der Waals surface area contributed by atoms with Crippen LogP contribution in [-0.4, -0.2) is 58.2 Å². The minimum Gasteiger partial charge on any atom is -0.492 e. The van der Waals surface area contributed by atoms with Gasteiger partial charge in [-0.1, -0.05) is 0 Å². The van der Waals surface area contributed by atoms with Crippen molar-refractivity contribution in [3.63, 3.8) is 0 Å². The van der Waals surface area contributed by atoms with Gasteiger partial charge in [-0.3, -0.25) is 14.4 Å². The number of rotatable bonds is 10. The highest BCUT2D eigenvalue weighted by molar-refractivity contribution is 7.91. The van der Waals surface area contributed by atoms with Gasteiger partial charge < -0.3 is 14.8 Å². The van der Waals surface area contributed by atoms with Crippen LogP contribution >= 0.6 is 0 Å². The van der Waals surface area contributed by atoms with Crippen molar-refractivity contribution in [3.05, 3.63) is 53.6 Å². The van der Waals surface area contributed by atoms with Gasteiger partial charge in [-0.25, -0.2) is 18.3 Å². The zero-order valence-corrected chi connectivity index (χ0v) is 19.8. The summed E-state index contributed by atoms with van der Waals surface area (Å²) in [5, 5.41) is 2.39. The van der Waals surface area contributed by atoms with E-state index in [1.54, 1.807) is 11.6 Å². The molecule has 2 aromatic carbocycles. The lowest BCUT2D eigenvalue weighted by molar-refractivity contribution is 0.102. The number of benzene rings is 2. The average molecular weight is 513 g/mol. The van der Waals surface area contributed by atoms with Gasteiger partial charge in [0.15, 0.2) is 11.6 Å². The second-order valence-corrected chi connectivity index (χ2v) is 9.03. The SMILES string of the molecule is CCOc1ccc(C(=O)Nc2ccc(F)c(F)c2)cc1NS(=O)(=O)NC(=O)OCCN1CCCC1. The van der Waals surface area contributed by atoms with Gasteiger partial charge in [0.1, 0.15) is 12.4 Å². The molecule has 35 heavy (non-hydrogen) atoms. The largest absolute Gasteiger partial charge is 0.492 e. The molecule has 2 amide bonds. The topological polar surface area (TPSA) is 126 Å². The van der Waals surface area contributed by atoms with E-state index in [1.807, 2.05) is 0 Å². The zero-order valence-electron chi connectivity index (χ0n) is 19.0. The molecule has 3 N–H and O–H groups in total. The van der Waals surface area contributed by atoms with Crippen LogP contribution in [0, 0.1) is 11.6 Å². The first-order chi connectivity index (χ1) is 16.7. The van der Waals surface area contributed by atoms with E-state index in [1.165, 1.54) is 24.3 Å². The average Bonchev–Trinajstić information content (AvgIpc) is 3.30. The van der Waals surface area contributed by atoms with Gasteiger partial charge in [-0.15, -0.1) is 0 Å². The first-order valence-corrected chi connectivity index (χ1v) is 12.4. The van der Waals surface area contributed by atoms with E-state index in [4.69, 9.17) is 9.47 Å². The highest BCUT2D eigenvalue weighted by Crippen LogP contribution is 2.27. The molecule has 2 aromatic rings. The van der Waals surface area contributed by atoms with Crippen LogP contribution in [0.15, 0.2) is 36.4 Å². The van der Waals surface area contributed by atoms with Gasteiger partial charge in [0, 0.05) is 23.9 Å². The smallest absolute Gasteiger partial charge is 0.422 e. The molecular formula is C22H26F2N4O6S. The Hall–Kier alpha value is -3.45. The third-order valence-corrected chi connectivity index (χ3v) is 5.94. The van der Waals surface area contributed by atoms with Crippen LogP contribution in [0.1, 0.15) is 30.1 Å². The Labute approximate surface area is 201 Å². The predicted molar refractivity (Wildman–Crippen MR) is 125 cm³/mol. The van der Waals surface area contributed by atoms with Crippen LogP contribution in [0.3, 0.4) is 0 Å². The fourth-order valence-electron chi connectivity index (χ4n) is 3.39. The third kappa shape index (κ3) is 7.79. The molecule has 0 spiro atoms. The van der Waals surface area contributed by atoms with E-state index >= 15 is 0 Å². The lowest BCUT2D eigenvalue weighted by Crippen LogP contribution is -2.37. The molecule has 0 saturated carbocycles. The summed E-state index contributed by atoms with van der Waals surface area (Å²) in [7, 11) is -4.43. The molecule has 190 valence electrons. The number of carbonyl (C=O) groups excluding carboxylic acids is 2. The maximum absolute atomic E-state index is 13.4. The van der Waals surface area contributed by atoms with Crippen LogP contribution in [0.4, 0.5) is 25.0 Å².